The largest absolute Gasteiger partial charge is 0.762 e. The average molecular weight is 809 g/mol. The van der Waals surface area contributed by atoms with Crippen LogP contribution >= 0.6 is 14.5 Å². The Labute approximate surface area is 353 Å². The summed E-state index contributed by atoms with van der Waals surface area (Å²) in [5.74, 6) is 2.79. The molecule has 0 N–H and O–H groups in total. The zero-order valence-electron chi connectivity index (χ0n) is 32.6. The lowest BCUT2D eigenvalue weighted by molar-refractivity contribution is 1.32. The van der Waals surface area contributed by atoms with Crippen LogP contribution in [0, 0.1) is 45.3 Å². The Bertz CT molecular complexity index is 2300. The molecule has 0 heterocycles. The van der Waals surface area contributed by atoms with Crippen LogP contribution in [0.25, 0.3) is 10.8 Å². The molecule has 0 fully saturated rings. The van der Waals surface area contributed by atoms with Gasteiger partial charge in [0.05, 0.1) is 12.3 Å². The summed E-state index contributed by atoms with van der Waals surface area (Å²) >= 11 is 0. The molecular weight excluding hydrogens is 771 g/mol. The predicted molar refractivity (Wildman–Crippen MR) is 250 cm³/mol. The molecule has 7 rings (SSSR count). The van der Waals surface area contributed by atoms with Gasteiger partial charge >= 0.3 is 0 Å². The highest BCUT2D eigenvalue weighted by Gasteiger charge is 2.47. The maximum Gasteiger partial charge on any atom is 0.148 e. The minimum Gasteiger partial charge on any atom is -0.762 e. The molecule has 0 aliphatic rings. The van der Waals surface area contributed by atoms with Crippen LogP contribution in [-0.4, -0.2) is 11.7 Å². The molecule has 0 aromatic heterocycles. The second-order valence-corrected chi connectivity index (χ2v) is 20.2. The number of benzene rings is 7. The summed E-state index contributed by atoms with van der Waals surface area (Å²) in [4.78, 5) is 0. The molecule has 0 spiro atoms. The molecule has 0 unspecified atom stereocenters. The van der Waals surface area contributed by atoms with Gasteiger partial charge in [-0.1, -0.05) is 133 Å². The molecule has 8 heteroatoms. The lowest BCUT2D eigenvalue weighted by atomic mass is 10.2. The van der Waals surface area contributed by atoms with Gasteiger partial charge in [0.2, 0.25) is 0 Å². The molecule has 0 saturated carbocycles. The topological polar surface area (TPSA) is 140 Å². The summed E-state index contributed by atoms with van der Waals surface area (Å²) in [6.45, 7) is 0. The molecule has 0 atom stereocenters. The molecule has 0 bridgehead atoms. The van der Waals surface area contributed by atoms with Crippen molar-refractivity contribution in [3.05, 3.63) is 239 Å². The lowest BCUT2D eigenvalue weighted by Gasteiger charge is -2.29. The Morgan fingerprint density at radius 3 is 0.633 bits per heavy atom. The first-order valence-electron chi connectivity index (χ1n) is 18.8. The average Bonchev–Trinajstić information content (AvgIpc) is 3.34. The zero-order valence-corrected chi connectivity index (χ0v) is 34.4. The van der Waals surface area contributed by atoms with Crippen molar-refractivity contribution in [1.82, 2.24) is 0 Å². The van der Waals surface area contributed by atoms with Crippen molar-refractivity contribution in [3.63, 3.8) is 0 Å². The summed E-state index contributed by atoms with van der Waals surface area (Å²) in [6.07, 6.45) is 1.95. The standard InChI is InChI=1S/C44H38P2.2C4N3/c1-7-19-39(20-8-1)45(40-21-9-2-10-22-40,41-23-11-3-12-24-41)35-37-31-33-38(34-32-37)36-46(42-25-13-4-14-26-42,43-27-15-5-16-28-43)44-29-17-6-18-30-44;2*5-1-4(2-6)3-7/h1-34H,35-36H2;;/q+2;2*-1. The van der Waals surface area contributed by atoms with Crippen LogP contribution in [0.5, 0.6) is 0 Å². The summed E-state index contributed by atoms with van der Waals surface area (Å²) in [5, 5.41) is 55.3. The first kappa shape index (κ1) is 43.4. The van der Waals surface area contributed by atoms with Gasteiger partial charge in [-0.15, -0.1) is 0 Å². The smallest absolute Gasteiger partial charge is 0.148 e. The van der Waals surface area contributed by atoms with E-state index in [1.807, 2.05) is 0 Å². The number of hydrogen-bond donors (Lipinski definition) is 0. The van der Waals surface area contributed by atoms with E-state index in [0.717, 1.165) is 12.3 Å². The monoisotopic (exact) mass is 808 g/mol. The maximum absolute atomic E-state index is 7.79. The summed E-state index contributed by atoms with van der Waals surface area (Å²) < 4.78 is 0. The van der Waals surface area contributed by atoms with Crippen LogP contribution in [0.15, 0.2) is 217 Å². The normalized spacial score (nSPS) is 10.1. The van der Waals surface area contributed by atoms with E-state index in [1.54, 1.807) is 0 Å². The third-order valence-electron chi connectivity index (χ3n) is 9.72. The minimum absolute atomic E-state index is 0.403. The van der Waals surface area contributed by atoms with E-state index in [0.29, 0.717) is 0 Å². The highest BCUT2D eigenvalue weighted by Crippen LogP contribution is 2.59. The fourth-order valence-corrected chi connectivity index (χ4v) is 15.5. The molecule has 60 heavy (non-hydrogen) atoms. The first-order valence-corrected chi connectivity index (χ1v) is 22.8. The number of hydrogen-bond acceptors (Lipinski definition) is 4. The SMILES string of the molecule is N#CC(=C=[N-])C#N.N#CC(=C=[N-])C#N.c1ccc([P+](Cc2ccc(C[P+](c3ccccc3)(c3ccccc3)c3ccccc3)cc2)(c2ccccc2)c2ccccc2)cc1. The Hall–Kier alpha value is -7.74. The number of rotatable bonds is 10. The molecule has 7 aromatic rings. The van der Waals surface area contributed by atoms with E-state index in [9.17, 15) is 0 Å². The second-order valence-electron chi connectivity index (χ2n) is 13.2. The van der Waals surface area contributed by atoms with E-state index in [2.05, 4.69) is 206 Å². The van der Waals surface area contributed by atoms with Crippen LogP contribution in [0.2, 0.25) is 0 Å². The predicted octanol–water partition coefficient (Wildman–Crippen LogP) is 9.07. The van der Waals surface area contributed by atoms with Crippen LogP contribution in [-0.2, 0) is 12.3 Å². The van der Waals surface area contributed by atoms with Crippen LogP contribution < -0.4 is 31.8 Å². The minimum atomic E-state index is -1.97. The Morgan fingerprint density at radius 1 is 0.317 bits per heavy atom. The van der Waals surface area contributed by atoms with Crippen molar-refractivity contribution in [2.45, 2.75) is 12.3 Å². The van der Waals surface area contributed by atoms with Gasteiger partial charge in [-0.3, -0.25) is 0 Å². The number of nitriles is 4. The quantitative estimate of drug-likeness (QED) is 0.0773. The van der Waals surface area contributed by atoms with E-state index >= 15 is 0 Å². The van der Waals surface area contributed by atoms with Gasteiger partial charge in [-0.2, -0.15) is 21.0 Å². The van der Waals surface area contributed by atoms with Gasteiger partial charge in [0.1, 0.15) is 81.8 Å². The Kier molecular flexibility index (Phi) is 16.1. The van der Waals surface area contributed by atoms with Crippen molar-refractivity contribution in [1.29, 1.82) is 21.0 Å². The molecule has 0 radical (unpaired) electrons. The third-order valence-corrected chi connectivity index (χ3v) is 18.5. The van der Waals surface area contributed by atoms with Gasteiger partial charge < -0.3 is 10.8 Å². The van der Waals surface area contributed by atoms with E-state index in [4.69, 9.17) is 31.9 Å². The van der Waals surface area contributed by atoms with Crippen LogP contribution in [0.1, 0.15) is 11.1 Å². The van der Waals surface area contributed by atoms with Gasteiger partial charge in [0.15, 0.2) is 0 Å². The molecule has 0 aliphatic carbocycles. The molecule has 7 aromatic carbocycles. The highest BCUT2D eigenvalue weighted by molar-refractivity contribution is 7.95. The van der Waals surface area contributed by atoms with Crippen molar-refractivity contribution in [2.75, 3.05) is 0 Å². The molecular formula is C52H38N6P2. The lowest BCUT2D eigenvalue weighted by Crippen LogP contribution is -2.32. The summed E-state index contributed by atoms with van der Waals surface area (Å²) in [5.41, 5.74) is 1.94. The highest BCUT2D eigenvalue weighted by atomic mass is 31.2. The zero-order chi connectivity index (χ0) is 42.5. The van der Waals surface area contributed by atoms with Crippen molar-refractivity contribution >= 4 is 58.1 Å². The molecule has 0 aliphatic heterocycles. The maximum atomic E-state index is 7.79. The Morgan fingerprint density at radius 2 is 0.500 bits per heavy atom. The van der Waals surface area contributed by atoms with Gasteiger partial charge in [-0.25, -0.2) is 11.7 Å². The second kappa shape index (κ2) is 22.3. The van der Waals surface area contributed by atoms with Gasteiger partial charge in [-0.05, 0) is 83.9 Å². The molecule has 0 amide bonds. The summed E-state index contributed by atoms with van der Waals surface area (Å²) in [7, 11) is -3.94. The van der Waals surface area contributed by atoms with Crippen molar-refractivity contribution in [3.8, 4) is 24.3 Å². The van der Waals surface area contributed by atoms with Gasteiger partial charge in [0, 0.05) is 0 Å². The van der Waals surface area contributed by atoms with Crippen LogP contribution in [0.3, 0.4) is 0 Å². The number of nitrogens with zero attached hydrogens (tertiary/aromatic N) is 6. The molecule has 286 valence electrons. The Balaban J connectivity index is 0.000000420. The third kappa shape index (κ3) is 10.4. The fraction of sp³-hybridized carbons (Fsp3) is 0.0385. The fourth-order valence-electron chi connectivity index (χ4n) is 6.98. The molecule has 0 saturated heterocycles. The summed E-state index contributed by atoms with van der Waals surface area (Å²) in [6, 6.07) is 82.3. The van der Waals surface area contributed by atoms with Crippen molar-refractivity contribution < 1.29 is 0 Å². The number of allylic oxidation sites excluding steroid dienone is 2. The van der Waals surface area contributed by atoms with Crippen LogP contribution in [0.4, 0.5) is 0 Å². The van der Waals surface area contributed by atoms with Gasteiger partial charge in [0.25, 0.3) is 0 Å². The molecule has 6 nitrogen and oxygen atoms in total. The van der Waals surface area contributed by atoms with Crippen molar-refractivity contribution in [2.24, 2.45) is 0 Å². The van der Waals surface area contributed by atoms with E-state index in [1.165, 1.54) is 79.0 Å². The van der Waals surface area contributed by atoms with E-state index in [-0.39, 0.29) is 0 Å². The van der Waals surface area contributed by atoms with E-state index < -0.39 is 25.7 Å². The first-order chi connectivity index (χ1) is 29.5.